The number of hydrogen-bond donors (Lipinski definition) is 3. The van der Waals surface area contributed by atoms with E-state index >= 15 is 0 Å². The first kappa shape index (κ1) is 74.6. The molecule has 0 radical (unpaired) electrons. The standard InChI is InChI=1S/C71H131NO5/c1-3-5-7-9-11-13-15-16-41-45-49-53-57-61-65-71(76)77-66-62-58-54-50-46-42-39-37-35-33-31-29-27-25-23-21-19-17-18-20-22-24-26-28-30-32-34-36-38-40-44-48-52-56-60-64-70(75)72-68(67-73)69(74)63-59-55-51-47-43-14-12-10-8-6-4-2/h9,11,15-16,19,21,25,27,59,63,68-69,73-74H,3-8,10,12-14,17-18,20,22-24,26,28-58,60-62,64-67H2,1-2H3,(H,72,75)/b11-9-,16-15-,21-19-,27-25-,63-59+. The average molecular weight is 1080 g/mol. The molecule has 0 saturated carbocycles. The van der Waals surface area contributed by atoms with E-state index in [1.165, 1.54) is 270 Å². The van der Waals surface area contributed by atoms with E-state index in [9.17, 15) is 19.8 Å². The summed E-state index contributed by atoms with van der Waals surface area (Å²) in [4.78, 5) is 24.5. The predicted molar refractivity (Wildman–Crippen MR) is 338 cm³/mol. The quantitative estimate of drug-likeness (QED) is 0.0320. The molecular formula is C71H131NO5. The molecule has 0 aliphatic heterocycles. The second-order valence-corrected chi connectivity index (χ2v) is 23.1. The Morgan fingerprint density at radius 1 is 0.364 bits per heavy atom. The molecule has 0 spiro atoms. The van der Waals surface area contributed by atoms with E-state index in [1.807, 2.05) is 6.08 Å². The largest absolute Gasteiger partial charge is 0.466 e. The molecule has 0 aliphatic rings. The molecule has 0 saturated heterocycles. The minimum absolute atomic E-state index is 0.00145. The summed E-state index contributed by atoms with van der Waals surface area (Å²) in [5.74, 6) is -0.0650. The van der Waals surface area contributed by atoms with Gasteiger partial charge in [-0.2, -0.15) is 0 Å². The van der Waals surface area contributed by atoms with Crippen LogP contribution in [0.25, 0.3) is 0 Å². The van der Waals surface area contributed by atoms with Crippen molar-refractivity contribution < 1.29 is 24.5 Å². The molecule has 0 aromatic rings. The normalized spacial score (nSPS) is 12.9. The smallest absolute Gasteiger partial charge is 0.305 e. The number of hydrogen-bond acceptors (Lipinski definition) is 5. The first-order valence-electron chi connectivity index (χ1n) is 34.1. The minimum Gasteiger partial charge on any atom is -0.466 e. The maximum Gasteiger partial charge on any atom is 0.305 e. The monoisotopic (exact) mass is 1080 g/mol. The third-order valence-corrected chi connectivity index (χ3v) is 15.5. The molecule has 0 heterocycles. The Morgan fingerprint density at radius 3 is 1.03 bits per heavy atom. The molecule has 0 aromatic carbocycles. The van der Waals surface area contributed by atoms with E-state index in [1.54, 1.807) is 6.08 Å². The van der Waals surface area contributed by atoms with Gasteiger partial charge in [0.05, 0.1) is 25.4 Å². The van der Waals surface area contributed by atoms with E-state index < -0.39 is 12.1 Å². The van der Waals surface area contributed by atoms with Crippen LogP contribution in [-0.4, -0.2) is 47.4 Å². The second kappa shape index (κ2) is 66.1. The van der Waals surface area contributed by atoms with Gasteiger partial charge in [0.25, 0.3) is 0 Å². The molecular weight excluding hydrogens is 947 g/mol. The Bertz CT molecular complexity index is 1340. The Labute approximate surface area is 479 Å². The number of carbonyl (C=O) groups is 2. The number of nitrogens with one attached hydrogen (secondary N) is 1. The first-order chi connectivity index (χ1) is 38.0. The van der Waals surface area contributed by atoms with Crippen molar-refractivity contribution in [1.29, 1.82) is 0 Å². The number of ether oxygens (including phenoxy) is 1. The highest BCUT2D eigenvalue weighted by atomic mass is 16.5. The predicted octanol–water partition coefficient (Wildman–Crippen LogP) is 21.9. The number of esters is 1. The van der Waals surface area contributed by atoms with Crippen LogP contribution < -0.4 is 5.32 Å². The van der Waals surface area contributed by atoms with E-state index in [4.69, 9.17) is 4.74 Å². The third kappa shape index (κ3) is 62.6. The van der Waals surface area contributed by atoms with Crippen LogP contribution in [0.4, 0.5) is 0 Å². The van der Waals surface area contributed by atoms with Crippen molar-refractivity contribution in [1.82, 2.24) is 5.32 Å². The number of carbonyl (C=O) groups excluding carboxylic acids is 2. The summed E-state index contributed by atoms with van der Waals surface area (Å²) < 4.78 is 5.48. The van der Waals surface area contributed by atoms with Crippen LogP contribution in [0.15, 0.2) is 60.8 Å². The lowest BCUT2D eigenvalue weighted by Crippen LogP contribution is -2.45. The molecule has 0 aliphatic carbocycles. The molecule has 0 rings (SSSR count). The van der Waals surface area contributed by atoms with Gasteiger partial charge in [-0.05, 0) is 89.9 Å². The van der Waals surface area contributed by atoms with Crippen molar-refractivity contribution in [3.05, 3.63) is 60.8 Å². The van der Waals surface area contributed by atoms with Crippen molar-refractivity contribution in [2.45, 2.75) is 366 Å². The molecule has 0 aromatic heterocycles. The zero-order valence-electron chi connectivity index (χ0n) is 51.4. The van der Waals surface area contributed by atoms with Gasteiger partial charge >= 0.3 is 5.97 Å². The number of allylic oxidation sites excluding steroid dienone is 9. The molecule has 2 unspecified atom stereocenters. The van der Waals surface area contributed by atoms with Crippen LogP contribution in [0.2, 0.25) is 0 Å². The van der Waals surface area contributed by atoms with Crippen LogP contribution in [0.1, 0.15) is 354 Å². The summed E-state index contributed by atoms with van der Waals surface area (Å²) in [6.45, 7) is 4.85. The number of rotatable bonds is 63. The van der Waals surface area contributed by atoms with Gasteiger partial charge in [-0.1, -0.05) is 312 Å². The lowest BCUT2D eigenvalue weighted by Gasteiger charge is -2.20. The minimum atomic E-state index is -0.842. The average Bonchev–Trinajstić information content (AvgIpc) is 3.43. The summed E-state index contributed by atoms with van der Waals surface area (Å²) in [5, 5.41) is 23.0. The van der Waals surface area contributed by atoms with Gasteiger partial charge in [0.2, 0.25) is 5.91 Å². The molecule has 6 heteroatoms. The topological polar surface area (TPSA) is 95.9 Å². The van der Waals surface area contributed by atoms with Gasteiger partial charge < -0.3 is 20.3 Å². The van der Waals surface area contributed by atoms with Crippen molar-refractivity contribution in [2.24, 2.45) is 0 Å². The molecule has 1 amide bonds. The van der Waals surface area contributed by atoms with E-state index in [-0.39, 0.29) is 18.5 Å². The first-order valence-corrected chi connectivity index (χ1v) is 34.1. The molecule has 6 nitrogen and oxygen atoms in total. The van der Waals surface area contributed by atoms with Gasteiger partial charge in [-0.25, -0.2) is 0 Å². The molecule has 450 valence electrons. The fraction of sp³-hybridized carbons (Fsp3) is 0.831. The SMILES string of the molecule is CCCC/C=C\C/C=C\CCCCCCCC(=O)OCCCCCCCCCCCCC/C=C\C/C=C\CCCCCCCCCCCCCCCCCCCC(=O)NC(CO)C(O)/C=C/CCCCCCCCCCC. The molecule has 77 heavy (non-hydrogen) atoms. The maximum atomic E-state index is 12.4. The second-order valence-electron chi connectivity index (χ2n) is 23.1. The van der Waals surface area contributed by atoms with Gasteiger partial charge in [0, 0.05) is 12.8 Å². The fourth-order valence-electron chi connectivity index (χ4n) is 10.3. The van der Waals surface area contributed by atoms with Crippen LogP contribution >= 0.6 is 0 Å². The zero-order chi connectivity index (χ0) is 55.7. The molecule has 2 atom stereocenters. The highest BCUT2D eigenvalue weighted by Gasteiger charge is 2.18. The fourth-order valence-corrected chi connectivity index (χ4v) is 10.3. The summed E-state index contributed by atoms with van der Waals surface area (Å²) in [5.41, 5.74) is 0. The van der Waals surface area contributed by atoms with E-state index in [0.717, 1.165) is 57.8 Å². The summed E-state index contributed by atoms with van der Waals surface area (Å²) >= 11 is 0. The third-order valence-electron chi connectivity index (χ3n) is 15.5. The number of amides is 1. The summed E-state index contributed by atoms with van der Waals surface area (Å²) in [6.07, 6.45) is 87.3. The van der Waals surface area contributed by atoms with Crippen molar-refractivity contribution in [2.75, 3.05) is 13.2 Å². The van der Waals surface area contributed by atoms with Gasteiger partial charge in [0.1, 0.15) is 0 Å². The Kier molecular flexibility index (Phi) is 64.0. The maximum absolute atomic E-state index is 12.4. The van der Waals surface area contributed by atoms with Crippen molar-refractivity contribution in [3.8, 4) is 0 Å². The number of aliphatic hydroxyl groups excluding tert-OH is 2. The van der Waals surface area contributed by atoms with Crippen LogP contribution in [0.5, 0.6) is 0 Å². The van der Waals surface area contributed by atoms with Crippen LogP contribution in [0, 0.1) is 0 Å². The highest BCUT2D eigenvalue weighted by Crippen LogP contribution is 2.17. The van der Waals surface area contributed by atoms with Gasteiger partial charge in [-0.15, -0.1) is 0 Å². The number of unbranched alkanes of at least 4 members (excludes halogenated alkanes) is 44. The molecule has 0 bridgehead atoms. The molecule has 3 N–H and O–H groups in total. The van der Waals surface area contributed by atoms with E-state index in [0.29, 0.717) is 19.4 Å². The summed E-state index contributed by atoms with van der Waals surface area (Å²) in [7, 11) is 0. The molecule has 0 fully saturated rings. The lowest BCUT2D eigenvalue weighted by molar-refractivity contribution is -0.143. The van der Waals surface area contributed by atoms with Crippen LogP contribution in [0.3, 0.4) is 0 Å². The van der Waals surface area contributed by atoms with Crippen molar-refractivity contribution in [3.63, 3.8) is 0 Å². The summed E-state index contributed by atoms with van der Waals surface area (Å²) in [6, 6.07) is -0.625. The number of aliphatic hydroxyl groups is 2. The Balaban J connectivity index is 3.38. The Hall–Kier alpha value is -2.44. The van der Waals surface area contributed by atoms with E-state index in [2.05, 4.69) is 67.8 Å². The highest BCUT2D eigenvalue weighted by molar-refractivity contribution is 5.76. The zero-order valence-corrected chi connectivity index (χ0v) is 51.4. The Morgan fingerprint density at radius 2 is 0.662 bits per heavy atom. The van der Waals surface area contributed by atoms with Crippen molar-refractivity contribution >= 4 is 11.9 Å². The van der Waals surface area contributed by atoms with Crippen LogP contribution in [-0.2, 0) is 14.3 Å². The lowest BCUT2D eigenvalue weighted by atomic mass is 10.0. The van der Waals surface area contributed by atoms with Gasteiger partial charge in [-0.3, -0.25) is 9.59 Å². The van der Waals surface area contributed by atoms with Gasteiger partial charge in [0.15, 0.2) is 0 Å².